The first-order valence-corrected chi connectivity index (χ1v) is 9.45. The third-order valence-corrected chi connectivity index (χ3v) is 5.06. The van der Waals surface area contributed by atoms with E-state index in [9.17, 15) is 15.4 Å². The Morgan fingerprint density at radius 2 is 1.93 bits per heavy atom. The molecule has 29 heavy (non-hydrogen) atoms. The second-order valence-corrected chi connectivity index (χ2v) is 6.95. The molecule has 1 heterocycles. The van der Waals surface area contributed by atoms with Gasteiger partial charge in [0.2, 0.25) is 0 Å². The zero-order valence-electron chi connectivity index (χ0n) is 14.9. The van der Waals surface area contributed by atoms with Gasteiger partial charge >= 0.3 is 0 Å². The summed E-state index contributed by atoms with van der Waals surface area (Å²) in [6, 6.07) is 22.0. The molecular formula is C21H13N5O2S. The van der Waals surface area contributed by atoms with Crippen molar-refractivity contribution in [3.63, 3.8) is 0 Å². The number of hydrogen-bond donors (Lipinski definition) is 1. The van der Waals surface area contributed by atoms with E-state index in [0.29, 0.717) is 16.3 Å². The molecule has 0 spiro atoms. The van der Waals surface area contributed by atoms with Crippen LogP contribution in [0.5, 0.6) is 0 Å². The molecule has 8 heteroatoms. The maximum Gasteiger partial charge on any atom is 0.270 e. The van der Waals surface area contributed by atoms with Crippen molar-refractivity contribution in [2.75, 3.05) is 5.43 Å². The minimum Gasteiger partial charge on any atom is -0.277 e. The topological polar surface area (TPSA) is 104 Å². The van der Waals surface area contributed by atoms with E-state index in [1.165, 1.54) is 23.5 Å². The molecule has 0 atom stereocenters. The molecule has 0 unspecified atom stereocenters. The van der Waals surface area contributed by atoms with Gasteiger partial charge in [-0.25, -0.2) is 4.98 Å². The van der Waals surface area contributed by atoms with E-state index in [1.54, 1.807) is 17.5 Å². The summed E-state index contributed by atoms with van der Waals surface area (Å²) < 4.78 is 0. The van der Waals surface area contributed by atoms with E-state index < -0.39 is 4.92 Å². The van der Waals surface area contributed by atoms with E-state index in [0.717, 1.165) is 16.5 Å². The fourth-order valence-corrected chi connectivity index (χ4v) is 3.56. The summed E-state index contributed by atoms with van der Waals surface area (Å²) in [5.41, 5.74) is 4.96. The number of anilines is 1. The number of rotatable bonds is 5. The van der Waals surface area contributed by atoms with Gasteiger partial charge in [-0.05, 0) is 22.9 Å². The zero-order chi connectivity index (χ0) is 20.2. The minimum atomic E-state index is -0.452. The smallest absolute Gasteiger partial charge is 0.270 e. The van der Waals surface area contributed by atoms with Gasteiger partial charge in [0.1, 0.15) is 6.07 Å². The van der Waals surface area contributed by atoms with Gasteiger partial charge in [-0.2, -0.15) is 10.4 Å². The molecule has 3 aromatic carbocycles. The highest BCUT2D eigenvalue weighted by Crippen LogP contribution is 2.26. The number of nitriles is 1. The average molecular weight is 399 g/mol. The molecule has 1 aromatic heterocycles. The van der Waals surface area contributed by atoms with Gasteiger partial charge in [-0.1, -0.05) is 42.5 Å². The Morgan fingerprint density at radius 1 is 1.10 bits per heavy atom. The number of fused-ring (bicyclic) bond motifs is 1. The van der Waals surface area contributed by atoms with Crippen molar-refractivity contribution in [3.8, 4) is 17.3 Å². The fourth-order valence-electron chi connectivity index (χ4n) is 2.79. The first-order chi connectivity index (χ1) is 14.1. The SMILES string of the molecule is N#CC(=NNc1ccc2ccccc2c1)c1nc(-c2cccc([N+](=O)[O-])c2)cs1. The third-order valence-electron chi connectivity index (χ3n) is 4.21. The van der Waals surface area contributed by atoms with Crippen LogP contribution in [0.3, 0.4) is 0 Å². The first kappa shape index (κ1) is 18.3. The summed E-state index contributed by atoms with van der Waals surface area (Å²) in [5, 5.41) is 29.0. The molecule has 140 valence electrons. The molecule has 0 amide bonds. The molecule has 4 aromatic rings. The highest BCUT2D eigenvalue weighted by atomic mass is 32.1. The van der Waals surface area contributed by atoms with Gasteiger partial charge in [0.05, 0.1) is 16.3 Å². The van der Waals surface area contributed by atoms with Gasteiger partial charge in [-0.15, -0.1) is 11.3 Å². The van der Waals surface area contributed by atoms with Crippen LogP contribution in [0.15, 0.2) is 77.2 Å². The molecule has 1 N–H and O–H groups in total. The Bertz CT molecular complexity index is 1290. The zero-order valence-corrected chi connectivity index (χ0v) is 15.8. The summed E-state index contributed by atoms with van der Waals surface area (Å²) in [7, 11) is 0. The van der Waals surface area contributed by atoms with Gasteiger partial charge in [0.15, 0.2) is 10.7 Å². The van der Waals surface area contributed by atoms with Crippen molar-refractivity contribution < 1.29 is 4.92 Å². The molecule has 0 bridgehead atoms. The number of non-ortho nitro benzene ring substituents is 1. The van der Waals surface area contributed by atoms with E-state index in [-0.39, 0.29) is 11.4 Å². The van der Waals surface area contributed by atoms with Crippen molar-refractivity contribution in [3.05, 3.63) is 87.2 Å². The van der Waals surface area contributed by atoms with Crippen LogP contribution in [0.4, 0.5) is 11.4 Å². The van der Waals surface area contributed by atoms with Crippen molar-refractivity contribution in [1.29, 1.82) is 5.26 Å². The lowest BCUT2D eigenvalue weighted by atomic mass is 10.1. The Kier molecular flexibility index (Phi) is 4.97. The van der Waals surface area contributed by atoms with Crippen LogP contribution in [0, 0.1) is 21.4 Å². The van der Waals surface area contributed by atoms with Crippen molar-refractivity contribution in [1.82, 2.24) is 4.98 Å². The number of aromatic nitrogens is 1. The molecule has 0 fully saturated rings. The number of nitrogens with zero attached hydrogens (tertiary/aromatic N) is 4. The van der Waals surface area contributed by atoms with E-state index in [2.05, 4.69) is 15.5 Å². The van der Waals surface area contributed by atoms with Crippen LogP contribution in [0.1, 0.15) is 5.01 Å². The summed E-state index contributed by atoms with van der Waals surface area (Å²) in [6.45, 7) is 0. The first-order valence-electron chi connectivity index (χ1n) is 8.57. The van der Waals surface area contributed by atoms with E-state index >= 15 is 0 Å². The van der Waals surface area contributed by atoms with Crippen LogP contribution < -0.4 is 5.43 Å². The number of hydrazone groups is 1. The molecule has 4 rings (SSSR count). The summed E-state index contributed by atoms with van der Waals surface area (Å²) in [5.74, 6) is 0. The Balaban J connectivity index is 1.58. The van der Waals surface area contributed by atoms with Gasteiger partial charge in [0.25, 0.3) is 5.69 Å². The second-order valence-electron chi connectivity index (χ2n) is 6.09. The summed E-state index contributed by atoms with van der Waals surface area (Å²) in [4.78, 5) is 14.9. The highest BCUT2D eigenvalue weighted by molar-refractivity contribution is 7.12. The monoisotopic (exact) mass is 399 g/mol. The standard InChI is InChI=1S/C21H13N5O2S/c22-12-19(25-24-17-9-8-14-4-1-2-5-15(14)10-17)21-23-20(13-29-21)16-6-3-7-18(11-16)26(27)28/h1-11,13,24H. The number of thiazole rings is 1. The molecule has 0 saturated carbocycles. The molecule has 0 aliphatic rings. The minimum absolute atomic E-state index is 0.0100. The maximum atomic E-state index is 11.0. The molecule has 0 saturated heterocycles. The van der Waals surface area contributed by atoms with Gasteiger partial charge in [0, 0.05) is 23.1 Å². The Hall–Kier alpha value is -4.09. The largest absolute Gasteiger partial charge is 0.277 e. The fraction of sp³-hybridized carbons (Fsp3) is 0. The maximum absolute atomic E-state index is 11.0. The highest BCUT2D eigenvalue weighted by Gasteiger charge is 2.13. The van der Waals surface area contributed by atoms with Gasteiger partial charge in [-0.3, -0.25) is 15.5 Å². The quantitative estimate of drug-likeness (QED) is 0.282. The number of benzene rings is 3. The lowest BCUT2D eigenvalue weighted by Crippen LogP contribution is -2.01. The normalized spacial score (nSPS) is 11.2. The van der Waals surface area contributed by atoms with E-state index in [4.69, 9.17) is 0 Å². The molecule has 0 aliphatic heterocycles. The molecule has 0 radical (unpaired) electrons. The van der Waals surface area contributed by atoms with Crippen molar-refractivity contribution in [2.45, 2.75) is 0 Å². The Labute approximate surface area is 169 Å². The summed E-state index contributed by atoms with van der Waals surface area (Å²) in [6.07, 6.45) is 0. The van der Waals surface area contributed by atoms with Gasteiger partial charge < -0.3 is 0 Å². The number of nitro groups is 1. The van der Waals surface area contributed by atoms with Crippen LogP contribution in [-0.2, 0) is 0 Å². The third kappa shape index (κ3) is 3.95. The van der Waals surface area contributed by atoms with Crippen LogP contribution in [0.25, 0.3) is 22.0 Å². The molecule has 0 aliphatic carbocycles. The van der Waals surface area contributed by atoms with E-state index in [1.807, 2.05) is 48.5 Å². The number of nitro benzene ring substituents is 1. The van der Waals surface area contributed by atoms with Crippen molar-refractivity contribution >= 4 is 39.2 Å². The molecular weight excluding hydrogens is 386 g/mol. The van der Waals surface area contributed by atoms with Crippen LogP contribution >= 0.6 is 11.3 Å². The number of nitrogens with one attached hydrogen (secondary N) is 1. The lowest BCUT2D eigenvalue weighted by Gasteiger charge is -2.03. The predicted molar refractivity (Wildman–Crippen MR) is 114 cm³/mol. The Morgan fingerprint density at radius 3 is 2.72 bits per heavy atom. The number of hydrogen-bond acceptors (Lipinski definition) is 7. The second kappa shape index (κ2) is 7.88. The average Bonchev–Trinajstić information content (AvgIpc) is 3.24. The van der Waals surface area contributed by atoms with Crippen molar-refractivity contribution in [2.24, 2.45) is 5.10 Å². The predicted octanol–water partition coefficient (Wildman–Crippen LogP) is 5.21. The molecule has 7 nitrogen and oxygen atoms in total. The summed E-state index contributed by atoms with van der Waals surface area (Å²) >= 11 is 1.25. The van der Waals surface area contributed by atoms with Crippen LogP contribution in [0.2, 0.25) is 0 Å². The van der Waals surface area contributed by atoms with Crippen LogP contribution in [-0.4, -0.2) is 15.6 Å². The lowest BCUT2D eigenvalue weighted by molar-refractivity contribution is -0.384.